The van der Waals surface area contributed by atoms with Gasteiger partial charge in [-0.05, 0) is 64.0 Å². The highest BCUT2D eigenvalue weighted by Gasteiger charge is 2.22. The average Bonchev–Trinajstić information content (AvgIpc) is 2.92. The van der Waals surface area contributed by atoms with Gasteiger partial charge in [0.1, 0.15) is 23.2 Å². The highest BCUT2D eigenvalue weighted by molar-refractivity contribution is 7.11. The van der Waals surface area contributed by atoms with E-state index in [9.17, 15) is 4.39 Å². The molecule has 0 aliphatic carbocycles. The highest BCUT2D eigenvalue weighted by atomic mass is 32.1. The van der Waals surface area contributed by atoms with Crippen molar-refractivity contribution in [2.45, 2.75) is 32.3 Å². The third kappa shape index (κ3) is 3.62. The summed E-state index contributed by atoms with van der Waals surface area (Å²) in [5.41, 5.74) is 0.981. The number of ether oxygens (including phenoxy) is 1. The summed E-state index contributed by atoms with van der Waals surface area (Å²) < 4.78 is 19.6. The molecule has 1 fully saturated rings. The molecule has 0 radical (unpaired) electrons. The normalized spacial score (nSPS) is 16.9. The number of aromatic nitrogens is 2. The maximum Gasteiger partial charge on any atom is 0.155 e. The zero-order chi connectivity index (χ0) is 15.5. The van der Waals surface area contributed by atoms with E-state index in [0.29, 0.717) is 12.5 Å². The molecule has 1 saturated heterocycles. The van der Waals surface area contributed by atoms with Crippen molar-refractivity contribution in [3.63, 3.8) is 0 Å². The van der Waals surface area contributed by atoms with Crippen molar-refractivity contribution >= 4 is 11.3 Å². The predicted octanol–water partition coefficient (Wildman–Crippen LogP) is 3.37. The van der Waals surface area contributed by atoms with Gasteiger partial charge in [-0.15, -0.1) is 10.2 Å². The van der Waals surface area contributed by atoms with Crippen molar-refractivity contribution in [3.05, 3.63) is 39.6 Å². The van der Waals surface area contributed by atoms with Gasteiger partial charge in [-0.3, -0.25) is 0 Å². The minimum Gasteiger partial charge on any atom is -0.486 e. The van der Waals surface area contributed by atoms with E-state index in [1.807, 2.05) is 6.92 Å². The lowest BCUT2D eigenvalue weighted by Crippen LogP contribution is -2.29. The number of halogens is 1. The first-order valence-electron chi connectivity index (χ1n) is 7.51. The van der Waals surface area contributed by atoms with Crippen LogP contribution in [0.25, 0.3) is 0 Å². The lowest BCUT2D eigenvalue weighted by Gasteiger charge is -2.30. The number of rotatable bonds is 4. The number of hydrogen-bond donors (Lipinski definition) is 0. The van der Waals surface area contributed by atoms with Crippen LogP contribution in [0.2, 0.25) is 0 Å². The molecule has 0 amide bonds. The summed E-state index contributed by atoms with van der Waals surface area (Å²) in [6.07, 6.45) is 2.07. The van der Waals surface area contributed by atoms with Gasteiger partial charge in [-0.25, -0.2) is 4.39 Å². The van der Waals surface area contributed by atoms with Crippen molar-refractivity contribution < 1.29 is 9.13 Å². The topological polar surface area (TPSA) is 38.3 Å². The van der Waals surface area contributed by atoms with Crippen molar-refractivity contribution in [1.82, 2.24) is 15.1 Å². The largest absolute Gasteiger partial charge is 0.486 e. The quantitative estimate of drug-likeness (QED) is 0.865. The molecule has 3 rings (SSSR count). The molecule has 2 heterocycles. The Labute approximate surface area is 133 Å². The predicted molar refractivity (Wildman–Crippen MR) is 84.9 cm³/mol. The summed E-state index contributed by atoms with van der Waals surface area (Å²) >= 11 is 1.52. The Bertz CT molecular complexity index is 638. The molecule has 0 saturated carbocycles. The van der Waals surface area contributed by atoms with Crippen LogP contribution >= 0.6 is 11.3 Å². The minimum atomic E-state index is -0.201. The van der Waals surface area contributed by atoms with Crippen molar-refractivity contribution in [3.8, 4) is 5.75 Å². The summed E-state index contributed by atoms with van der Waals surface area (Å²) in [7, 11) is 2.12. The fourth-order valence-corrected chi connectivity index (χ4v) is 3.45. The monoisotopic (exact) mass is 321 g/mol. The van der Waals surface area contributed by atoms with Crippen LogP contribution < -0.4 is 4.74 Å². The van der Waals surface area contributed by atoms with Crippen LogP contribution in [0.15, 0.2) is 18.2 Å². The van der Waals surface area contributed by atoms with E-state index in [4.69, 9.17) is 4.74 Å². The van der Waals surface area contributed by atoms with Crippen LogP contribution in [0.5, 0.6) is 5.75 Å². The second-order valence-corrected chi connectivity index (χ2v) is 7.03. The third-order valence-corrected chi connectivity index (χ3v) is 4.86. The fourth-order valence-electron chi connectivity index (χ4n) is 2.82. The molecule has 0 atom stereocenters. The van der Waals surface area contributed by atoms with Crippen LogP contribution in [0.4, 0.5) is 4.39 Å². The molecule has 6 heteroatoms. The van der Waals surface area contributed by atoms with E-state index in [-0.39, 0.29) is 5.82 Å². The van der Waals surface area contributed by atoms with Crippen molar-refractivity contribution in [1.29, 1.82) is 0 Å². The molecule has 4 nitrogen and oxygen atoms in total. The van der Waals surface area contributed by atoms with E-state index < -0.39 is 0 Å². The number of hydrogen-bond acceptors (Lipinski definition) is 5. The number of benzene rings is 1. The molecule has 1 aromatic carbocycles. The van der Waals surface area contributed by atoms with Gasteiger partial charge in [0, 0.05) is 5.56 Å². The Hall–Kier alpha value is -1.53. The molecule has 118 valence electrons. The molecular formula is C16H20FN3OS. The molecule has 0 spiro atoms. The summed E-state index contributed by atoms with van der Waals surface area (Å²) in [5, 5.41) is 9.82. The van der Waals surface area contributed by atoms with Crippen molar-refractivity contribution in [2.75, 3.05) is 20.1 Å². The van der Waals surface area contributed by atoms with Gasteiger partial charge in [-0.2, -0.15) is 0 Å². The summed E-state index contributed by atoms with van der Waals surface area (Å²) in [4.78, 5) is 2.31. The molecular weight excluding hydrogens is 301 g/mol. The van der Waals surface area contributed by atoms with Gasteiger partial charge in [-0.1, -0.05) is 11.3 Å². The van der Waals surface area contributed by atoms with Gasteiger partial charge in [0.25, 0.3) is 0 Å². The van der Waals surface area contributed by atoms with Crippen molar-refractivity contribution in [2.24, 2.45) is 0 Å². The lowest BCUT2D eigenvalue weighted by atomic mass is 9.89. The molecule has 0 N–H and O–H groups in total. The van der Waals surface area contributed by atoms with Gasteiger partial charge in [0.15, 0.2) is 5.01 Å². The number of aryl methyl sites for hydroxylation is 1. The first-order chi connectivity index (χ1) is 10.6. The maximum absolute atomic E-state index is 13.7. The molecule has 2 aromatic rings. The van der Waals surface area contributed by atoms with Crippen LogP contribution in [-0.4, -0.2) is 35.2 Å². The summed E-state index contributed by atoms with van der Waals surface area (Å²) in [5.74, 6) is 0.926. The van der Waals surface area contributed by atoms with Crippen LogP contribution in [0, 0.1) is 12.7 Å². The molecule has 1 aromatic heterocycles. The van der Waals surface area contributed by atoms with E-state index in [1.54, 1.807) is 12.1 Å². The maximum atomic E-state index is 13.7. The number of piperidine rings is 1. The van der Waals surface area contributed by atoms with E-state index in [0.717, 1.165) is 47.3 Å². The van der Waals surface area contributed by atoms with Gasteiger partial charge < -0.3 is 9.64 Å². The standard InChI is InChI=1S/C16H20FN3OS/c1-11-18-19-16(22-11)10-21-15-4-3-13(17)9-14(15)12-5-7-20(2)8-6-12/h3-4,9,12H,5-8,10H2,1-2H3. The molecule has 22 heavy (non-hydrogen) atoms. The average molecular weight is 321 g/mol. The molecule has 0 unspecified atom stereocenters. The number of likely N-dealkylation sites (tertiary alicyclic amines) is 1. The Morgan fingerprint density at radius 2 is 2.09 bits per heavy atom. The zero-order valence-corrected chi connectivity index (χ0v) is 13.7. The molecule has 1 aliphatic rings. The second kappa shape index (κ2) is 6.71. The summed E-state index contributed by atoms with van der Waals surface area (Å²) in [6, 6.07) is 4.81. The summed E-state index contributed by atoms with van der Waals surface area (Å²) in [6.45, 7) is 4.38. The Kier molecular flexibility index (Phi) is 4.69. The second-order valence-electron chi connectivity index (χ2n) is 5.76. The SMILES string of the molecule is Cc1nnc(COc2ccc(F)cc2C2CCN(C)CC2)s1. The lowest BCUT2D eigenvalue weighted by molar-refractivity contribution is 0.247. The zero-order valence-electron chi connectivity index (χ0n) is 12.9. The van der Waals surface area contributed by atoms with Gasteiger partial charge in [0.05, 0.1) is 0 Å². The smallest absolute Gasteiger partial charge is 0.155 e. The Balaban J connectivity index is 1.75. The van der Waals surface area contributed by atoms with Crippen LogP contribution in [0.3, 0.4) is 0 Å². The third-order valence-electron chi connectivity index (χ3n) is 4.05. The van der Waals surface area contributed by atoms with Crippen LogP contribution in [-0.2, 0) is 6.61 Å². The Morgan fingerprint density at radius 1 is 1.32 bits per heavy atom. The minimum absolute atomic E-state index is 0.201. The molecule has 1 aliphatic heterocycles. The highest BCUT2D eigenvalue weighted by Crippen LogP contribution is 2.35. The molecule has 0 bridgehead atoms. The first-order valence-corrected chi connectivity index (χ1v) is 8.33. The van der Waals surface area contributed by atoms with E-state index in [2.05, 4.69) is 22.1 Å². The Morgan fingerprint density at radius 3 is 2.77 bits per heavy atom. The van der Waals surface area contributed by atoms with Gasteiger partial charge >= 0.3 is 0 Å². The fraction of sp³-hybridized carbons (Fsp3) is 0.500. The van der Waals surface area contributed by atoms with E-state index >= 15 is 0 Å². The van der Waals surface area contributed by atoms with E-state index in [1.165, 1.54) is 17.4 Å². The number of nitrogens with zero attached hydrogens (tertiary/aromatic N) is 3. The first kappa shape index (κ1) is 15.4. The van der Waals surface area contributed by atoms with Gasteiger partial charge in [0.2, 0.25) is 0 Å². The van der Waals surface area contributed by atoms with Crippen LogP contribution in [0.1, 0.15) is 34.3 Å².